The van der Waals surface area contributed by atoms with E-state index in [4.69, 9.17) is 23.4 Å². The highest BCUT2D eigenvalue weighted by Crippen LogP contribution is 2.37. The van der Waals surface area contributed by atoms with Crippen molar-refractivity contribution in [1.29, 1.82) is 0 Å². The molecule has 15 nitrogen and oxygen atoms in total. The molecule has 1 unspecified atom stereocenters. The summed E-state index contributed by atoms with van der Waals surface area (Å²) in [6.07, 6.45) is -15.8. The minimum absolute atomic E-state index is 0.103. The van der Waals surface area contributed by atoms with Gasteiger partial charge in [0.25, 0.3) is 0 Å². The minimum Gasteiger partial charge on any atom is -0.508 e. The van der Waals surface area contributed by atoms with Crippen LogP contribution in [0.1, 0.15) is 6.92 Å². The lowest BCUT2D eigenvalue weighted by Crippen LogP contribution is -2.61. The molecule has 0 bridgehead atoms. The van der Waals surface area contributed by atoms with Gasteiger partial charge in [0, 0.05) is 17.7 Å². The highest BCUT2D eigenvalue weighted by molar-refractivity contribution is 5.88. The minimum atomic E-state index is -1.92. The summed E-state index contributed by atoms with van der Waals surface area (Å²) in [6, 6.07) is 7.33. The van der Waals surface area contributed by atoms with Crippen molar-refractivity contribution in [1.82, 2.24) is 0 Å². The Hall–Kier alpha value is -3.51. The Morgan fingerprint density at radius 1 is 0.762 bits per heavy atom. The van der Waals surface area contributed by atoms with Gasteiger partial charge < -0.3 is 69.3 Å². The normalized spacial score (nSPS) is 33.5. The average molecular weight is 595 g/mol. The first kappa shape index (κ1) is 30.0. The van der Waals surface area contributed by atoms with Crippen LogP contribution in [0.5, 0.6) is 23.0 Å². The van der Waals surface area contributed by atoms with Crippen molar-refractivity contribution in [2.75, 3.05) is 6.61 Å². The smallest absolute Gasteiger partial charge is 0.239 e. The second-order valence-corrected chi connectivity index (χ2v) is 10.1. The number of aliphatic hydroxyl groups is 6. The van der Waals surface area contributed by atoms with E-state index in [1.807, 2.05) is 0 Å². The van der Waals surface area contributed by atoms with Crippen molar-refractivity contribution in [3.05, 3.63) is 46.6 Å². The number of hydrogen-bond acceptors (Lipinski definition) is 15. The zero-order chi connectivity index (χ0) is 30.5. The molecule has 0 radical (unpaired) electrons. The van der Waals surface area contributed by atoms with Crippen LogP contribution in [-0.2, 0) is 14.2 Å². The summed E-state index contributed by atoms with van der Waals surface area (Å²) >= 11 is 0. The Bertz CT molecular complexity index is 1470. The summed E-state index contributed by atoms with van der Waals surface area (Å²) in [5.74, 6) is -1.97. The van der Waals surface area contributed by atoms with Crippen molar-refractivity contribution in [2.45, 2.75) is 68.3 Å². The molecular formula is C27H30O15. The van der Waals surface area contributed by atoms with E-state index in [1.54, 1.807) is 0 Å². The lowest BCUT2D eigenvalue weighted by Gasteiger charge is -2.42. The predicted molar refractivity (Wildman–Crippen MR) is 139 cm³/mol. The lowest BCUT2D eigenvalue weighted by atomic mass is 9.98. The first-order valence-corrected chi connectivity index (χ1v) is 12.9. The van der Waals surface area contributed by atoms with E-state index >= 15 is 0 Å². The summed E-state index contributed by atoms with van der Waals surface area (Å²) in [6.45, 7) is 0.866. The highest BCUT2D eigenvalue weighted by atomic mass is 16.7. The molecule has 42 heavy (non-hydrogen) atoms. The topological polar surface area (TPSA) is 249 Å². The summed E-state index contributed by atoms with van der Waals surface area (Å²) in [5, 5.41) is 91.4. The van der Waals surface area contributed by atoms with Gasteiger partial charge in [-0.2, -0.15) is 0 Å². The van der Waals surface area contributed by atoms with Gasteiger partial charge in [0.15, 0.2) is 12.1 Å². The molecule has 2 aromatic carbocycles. The standard InChI is InChI=1S/C27H30O15/c1-9-17(31)20(34)22(36)26(39-9)38-8-15-18(32)21(35)23(37)27(41-15)42-25-19(33)16-13(30)6-12(29)7-14(16)40-24(25)10-2-4-11(28)5-3-10/h2-7,9,15,17-18,20-23,26-32,34-37H,8H2,1H3/t9-,15+,17-,18+,20+,21-,22+,23+,26+,27?/m0/s1. The number of phenolic OH excluding ortho intramolecular Hbond substituents is 3. The van der Waals surface area contributed by atoms with Crippen LogP contribution < -0.4 is 10.2 Å². The third-order valence-corrected chi connectivity index (χ3v) is 7.18. The van der Waals surface area contributed by atoms with E-state index in [0.29, 0.717) is 0 Å². The molecule has 0 spiro atoms. The van der Waals surface area contributed by atoms with Crippen molar-refractivity contribution in [3.8, 4) is 34.3 Å². The Kier molecular flexibility index (Phi) is 8.30. The molecule has 2 saturated heterocycles. The summed E-state index contributed by atoms with van der Waals surface area (Å²) in [7, 11) is 0. The molecule has 3 heterocycles. The maximum Gasteiger partial charge on any atom is 0.239 e. The van der Waals surface area contributed by atoms with E-state index in [2.05, 4.69) is 0 Å². The number of fused-ring (bicyclic) bond motifs is 1. The number of ether oxygens (including phenoxy) is 4. The first-order chi connectivity index (χ1) is 19.9. The van der Waals surface area contributed by atoms with Crippen molar-refractivity contribution < 1.29 is 69.3 Å². The van der Waals surface area contributed by atoms with Gasteiger partial charge in [-0.1, -0.05) is 0 Å². The molecule has 9 N–H and O–H groups in total. The molecule has 2 fully saturated rings. The zero-order valence-electron chi connectivity index (χ0n) is 21.9. The highest BCUT2D eigenvalue weighted by Gasteiger charge is 2.47. The van der Waals surface area contributed by atoms with Gasteiger partial charge in [0.2, 0.25) is 17.5 Å². The fraction of sp³-hybridized carbons (Fsp3) is 0.444. The first-order valence-electron chi connectivity index (χ1n) is 12.9. The van der Waals surface area contributed by atoms with E-state index in [0.717, 1.165) is 12.1 Å². The van der Waals surface area contributed by atoms with Crippen LogP contribution in [-0.4, -0.2) is 114 Å². The van der Waals surface area contributed by atoms with Gasteiger partial charge in [0.1, 0.15) is 70.9 Å². The summed E-state index contributed by atoms with van der Waals surface area (Å²) < 4.78 is 28.0. The Balaban J connectivity index is 1.46. The Labute approximate surface area is 236 Å². The van der Waals surface area contributed by atoms with Crippen molar-refractivity contribution >= 4 is 11.0 Å². The van der Waals surface area contributed by atoms with Crippen LogP contribution in [0, 0.1) is 0 Å². The molecule has 10 atom stereocenters. The van der Waals surface area contributed by atoms with Crippen LogP contribution >= 0.6 is 0 Å². The SMILES string of the molecule is C[C@@H]1O[C@@H](OC[C@H]2OC(Oc3c(-c4ccc(O)cc4)oc4cc(O)cc(O)c4c3=O)[C@H](O)[C@@H](O)[C@@H]2O)[C@H](O)[C@H](O)[C@H]1O. The maximum absolute atomic E-state index is 13.5. The Morgan fingerprint density at radius 3 is 2.10 bits per heavy atom. The predicted octanol–water partition coefficient (Wildman–Crippen LogP) is -1.39. The van der Waals surface area contributed by atoms with E-state index in [-0.39, 0.29) is 28.0 Å². The molecule has 228 valence electrons. The number of hydrogen-bond donors (Lipinski definition) is 9. The van der Waals surface area contributed by atoms with E-state index in [9.17, 15) is 50.8 Å². The van der Waals surface area contributed by atoms with E-state index in [1.165, 1.54) is 31.2 Å². The molecule has 0 aliphatic carbocycles. The number of aromatic hydroxyl groups is 3. The summed E-state index contributed by atoms with van der Waals surface area (Å²) in [4.78, 5) is 13.5. The van der Waals surface area contributed by atoms with Crippen LogP contribution in [0.15, 0.2) is 45.6 Å². The fourth-order valence-electron chi connectivity index (χ4n) is 4.79. The molecule has 5 rings (SSSR count). The quantitative estimate of drug-likeness (QED) is 0.159. The maximum atomic E-state index is 13.5. The Morgan fingerprint density at radius 2 is 1.40 bits per heavy atom. The van der Waals surface area contributed by atoms with Gasteiger partial charge in [-0.05, 0) is 31.2 Å². The van der Waals surface area contributed by atoms with Crippen molar-refractivity contribution in [2.24, 2.45) is 0 Å². The lowest BCUT2D eigenvalue weighted by molar-refractivity contribution is -0.318. The zero-order valence-corrected chi connectivity index (χ0v) is 21.9. The number of aliphatic hydroxyl groups excluding tert-OH is 6. The van der Waals surface area contributed by atoms with Gasteiger partial charge in [-0.15, -0.1) is 0 Å². The van der Waals surface area contributed by atoms with Crippen LogP contribution in [0.4, 0.5) is 0 Å². The second-order valence-electron chi connectivity index (χ2n) is 10.1. The molecule has 1 aromatic heterocycles. The van der Waals surface area contributed by atoms with E-state index < -0.39 is 90.7 Å². The van der Waals surface area contributed by atoms with Crippen molar-refractivity contribution in [3.63, 3.8) is 0 Å². The molecule has 2 aliphatic heterocycles. The van der Waals surface area contributed by atoms with Gasteiger partial charge in [-0.3, -0.25) is 4.79 Å². The van der Waals surface area contributed by atoms with Gasteiger partial charge in [0.05, 0.1) is 12.7 Å². The summed E-state index contributed by atoms with van der Waals surface area (Å²) in [5.41, 5.74) is -0.956. The van der Waals surface area contributed by atoms with Crippen LogP contribution in [0.3, 0.4) is 0 Å². The number of rotatable bonds is 6. The largest absolute Gasteiger partial charge is 0.508 e. The van der Waals surface area contributed by atoms with Gasteiger partial charge >= 0.3 is 0 Å². The molecule has 0 amide bonds. The fourth-order valence-corrected chi connectivity index (χ4v) is 4.79. The van der Waals surface area contributed by atoms with Gasteiger partial charge in [-0.25, -0.2) is 0 Å². The van der Waals surface area contributed by atoms with Crippen LogP contribution in [0.2, 0.25) is 0 Å². The third-order valence-electron chi connectivity index (χ3n) is 7.18. The molecular weight excluding hydrogens is 564 g/mol. The van der Waals surface area contributed by atoms with Crippen LogP contribution in [0.25, 0.3) is 22.3 Å². The second kappa shape index (κ2) is 11.6. The third kappa shape index (κ3) is 5.49. The number of benzene rings is 2. The molecule has 15 heteroatoms. The molecule has 3 aromatic rings. The monoisotopic (exact) mass is 594 g/mol. The number of phenols is 3. The molecule has 0 saturated carbocycles. The molecule has 2 aliphatic rings. The average Bonchev–Trinajstić information content (AvgIpc) is 2.95.